The molecule has 0 saturated carbocycles. The number of ether oxygens (including phenoxy) is 1. The Morgan fingerprint density at radius 2 is 2.00 bits per heavy atom. The van der Waals surface area contributed by atoms with Gasteiger partial charge in [0.2, 0.25) is 0 Å². The van der Waals surface area contributed by atoms with E-state index >= 15 is 0 Å². The second-order valence-corrected chi connectivity index (χ2v) is 3.81. The van der Waals surface area contributed by atoms with E-state index in [2.05, 4.69) is 11.4 Å². The van der Waals surface area contributed by atoms with Crippen LogP contribution in [0.4, 0.5) is 4.39 Å². The molecule has 0 heterocycles. The second-order valence-electron chi connectivity index (χ2n) is 3.81. The maximum absolute atomic E-state index is 13.2. The van der Waals surface area contributed by atoms with Crippen molar-refractivity contribution in [2.24, 2.45) is 5.16 Å². The van der Waals surface area contributed by atoms with Gasteiger partial charge in [-0.2, -0.15) is 0 Å². The average molecular weight is 258 g/mol. The smallest absolute Gasteiger partial charge is 0.142 e. The summed E-state index contributed by atoms with van der Waals surface area (Å²) in [5.41, 5.74) is 1.19. The van der Waals surface area contributed by atoms with Crippen LogP contribution in [0.15, 0.2) is 53.7 Å². The van der Waals surface area contributed by atoms with Crippen LogP contribution in [0, 0.1) is 5.82 Å². The average Bonchev–Trinajstić information content (AvgIpc) is 2.45. The van der Waals surface area contributed by atoms with Crippen LogP contribution in [0.5, 0.6) is 5.75 Å². The SMILES string of the molecule is COc1cccc(CO/N=[C]\c2ccccc2F)c1. The van der Waals surface area contributed by atoms with Gasteiger partial charge in [-0.05, 0) is 29.8 Å². The minimum atomic E-state index is -0.378. The van der Waals surface area contributed by atoms with Gasteiger partial charge in [0.15, 0.2) is 0 Å². The van der Waals surface area contributed by atoms with Gasteiger partial charge < -0.3 is 9.57 Å². The van der Waals surface area contributed by atoms with Gasteiger partial charge >= 0.3 is 0 Å². The maximum atomic E-state index is 13.2. The van der Waals surface area contributed by atoms with E-state index in [9.17, 15) is 4.39 Å². The van der Waals surface area contributed by atoms with E-state index in [4.69, 9.17) is 9.57 Å². The highest BCUT2D eigenvalue weighted by molar-refractivity contribution is 5.79. The molecule has 2 aromatic rings. The first-order valence-corrected chi connectivity index (χ1v) is 5.75. The standard InChI is InChI=1S/C15H13FNO2/c1-18-14-7-4-5-12(9-14)11-19-17-10-13-6-2-3-8-15(13)16/h2-9H,11H2,1H3. The van der Waals surface area contributed by atoms with Gasteiger partial charge in [0.25, 0.3) is 0 Å². The molecule has 97 valence electrons. The lowest BCUT2D eigenvalue weighted by molar-refractivity contribution is 0.132. The summed E-state index contributed by atoms with van der Waals surface area (Å²) >= 11 is 0. The summed E-state index contributed by atoms with van der Waals surface area (Å²) < 4.78 is 18.3. The Morgan fingerprint density at radius 3 is 2.79 bits per heavy atom. The number of rotatable bonds is 5. The van der Waals surface area contributed by atoms with Gasteiger partial charge in [-0.1, -0.05) is 29.4 Å². The van der Waals surface area contributed by atoms with Gasteiger partial charge in [0.05, 0.1) is 7.11 Å². The molecular formula is C15H13FNO2. The van der Waals surface area contributed by atoms with E-state index in [0.717, 1.165) is 11.3 Å². The van der Waals surface area contributed by atoms with Gasteiger partial charge in [0.1, 0.15) is 24.4 Å². The molecule has 0 aliphatic carbocycles. The zero-order chi connectivity index (χ0) is 13.5. The van der Waals surface area contributed by atoms with Gasteiger partial charge in [-0.3, -0.25) is 0 Å². The van der Waals surface area contributed by atoms with Crippen LogP contribution in [0.2, 0.25) is 0 Å². The largest absolute Gasteiger partial charge is 0.497 e. The molecule has 3 nitrogen and oxygen atoms in total. The van der Waals surface area contributed by atoms with Crippen molar-refractivity contribution in [3.8, 4) is 5.75 Å². The molecule has 0 saturated heterocycles. The Kier molecular flexibility index (Phi) is 4.50. The van der Waals surface area contributed by atoms with Crippen molar-refractivity contribution in [3.05, 3.63) is 65.5 Å². The maximum Gasteiger partial charge on any atom is 0.142 e. The lowest BCUT2D eigenvalue weighted by atomic mass is 10.2. The zero-order valence-electron chi connectivity index (χ0n) is 10.5. The molecule has 0 aromatic heterocycles. The molecule has 1 radical (unpaired) electrons. The van der Waals surface area contributed by atoms with E-state index in [0.29, 0.717) is 0 Å². The molecule has 0 fully saturated rings. The number of halogens is 1. The van der Waals surface area contributed by atoms with Crippen molar-refractivity contribution in [3.63, 3.8) is 0 Å². The second kappa shape index (κ2) is 6.54. The number of benzene rings is 2. The minimum absolute atomic E-state index is 0.271. The normalized spacial score (nSPS) is 10.6. The topological polar surface area (TPSA) is 30.8 Å². The summed E-state index contributed by atoms with van der Waals surface area (Å²) in [6, 6.07) is 13.7. The summed E-state index contributed by atoms with van der Waals surface area (Å²) in [6.45, 7) is 0.276. The van der Waals surface area contributed by atoms with Crippen LogP contribution >= 0.6 is 0 Å². The van der Waals surface area contributed by atoms with E-state index in [1.807, 2.05) is 24.3 Å². The predicted molar refractivity (Wildman–Crippen MR) is 70.7 cm³/mol. The molecule has 0 N–H and O–H groups in total. The monoisotopic (exact) mass is 258 g/mol. The molecule has 2 aromatic carbocycles. The first kappa shape index (κ1) is 13.1. The zero-order valence-corrected chi connectivity index (χ0v) is 10.5. The minimum Gasteiger partial charge on any atom is -0.497 e. The molecule has 0 aliphatic rings. The molecular weight excluding hydrogens is 245 g/mol. The first-order valence-electron chi connectivity index (χ1n) is 5.75. The van der Waals surface area contributed by atoms with Crippen LogP contribution in [-0.2, 0) is 11.4 Å². The molecule has 0 aliphatic heterocycles. The number of methoxy groups -OCH3 is 1. The Morgan fingerprint density at radius 1 is 1.16 bits per heavy atom. The summed E-state index contributed by atoms with van der Waals surface area (Å²) in [5, 5.41) is 3.62. The van der Waals surface area contributed by atoms with Crippen LogP contribution in [0.3, 0.4) is 0 Å². The summed E-state index contributed by atoms with van der Waals surface area (Å²) in [5.74, 6) is 0.374. The fourth-order valence-electron chi connectivity index (χ4n) is 1.50. The highest BCUT2D eigenvalue weighted by Crippen LogP contribution is 2.13. The van der Waals surface area contributed by atoms with Gasteiger partial charge in [-0.25, -0.2) is 4.39 Å². The van der Waals surface area contributed by atoms with Crippen molar-refractivity contribution in [1.82, 2.24) is 0 Å². The van der Waals surface area contributed by atoms with Crippen LogP contribution in [0.25, 0.3) is 0 Å². The first-order chi connectivity index (χ1) is 9.29. The van der Waals surface area contributed by atoms with Crippen LogP contribution in [-0.4, -0.2) is 13.3 Å². The summed E-state index contributed by atoms with van der Waals surface area (Å²) in [4.78, 5) is 5.07. The predicted octanol–water partition coefficient (Wildman–Crippen LogP) is 3.26. The molecule has 4 heteroatoms. The Labute approximate surface area is 111 Å². The third-order valence-corrected chi connectivity index (χ3v) is 2.47. The van der Waals surface area contributed by atoms with E-state index in [-0.39, 0.29) is 18.0 Å². The fourth-order valence-corrected chi connectivity index (χ4v) is 1.50. The quantitative estimate of drug-likeness (QED) is 0.608. The van der Waals surface area contributed by atoms with Crippen LogP contribution in [0.1, 0.15) is 11.1 Å². The van der Waals surface area contributed by atoms with E-state index < -0.39 is 0 Å². The van der Waals surface area contributed by atoms with Crippen molar-refractivity contribution >= 4 is 6.21 Å². The van der Waals surface area contributed by atoms with Crippen molar-refractivity contribution in [1.29, 1.82) is 0 Å². The third-order valence-electron chi connectivity index (χ3n) is 2.47. The molecule has 0 spiro atoms. The lowest BCUT2D eigenvalue weighted by Gasteiger charge is -2.02. The number of hydrogen-bond acceptors (Lipinski definition) is 3. The Hall–Kier alpha value is -2.36. The highest BCUT2D eigenvalue weighted by Gasteiger charge is 1.98. The summed E-state index contributed by atoms with van der Waals surface area (Å²) in [7, 11) is 1.60. The molecule has 19 heavy (non-hydrogen) atoms. The molecule has 0 unspecified atom stereocenters. The summed E-state index contributed by atoms with van der Waals surface area (Å²) in [6.07, 6.45) is 2.51. The molecule has 0 atom stereocenters. The van der Waals surface area contributed by atoms with Crippen molar-refractivity contribution in [2.75, 3.05) is 7.11 Å². The molecule has 0 bridgehead atoms. The van der Waals surface area contributed by atoms with Crippen LogP contribution < -0.4 is 4.74 Å². The fraction of sp³-hybridized carbons (Fsp3) is 0.133. The highest BCUT2D eigenvalue weighted by atomic mass is 19.1. The Balaban J connectivity index is 1.91. The molecule has 2 rings (SSSR count). The van der Waals surface area contributed by atoms with E-state index in [1.54, 1.807) is 25.3 Å². The van der Waals surface area contributed by atoms with Crippen molar-refractivity contribution in [2.45, 2.75) is 6.61 Å². The number of nitrogens with zero attached hydrogens (tertiary/aromatic N) is 1. The Bertz CT molecular complexity index is 570. The van der Waals surface area contributed by atoms with Crippen molar-refractivity contribution < 1.29 is 14.0 Å². The number of hydrogen-bond donors (Lipinski definition) is 0. The third kappa shape index (κ3) is 3.81. The van der Waals surface area contributed by atoms with E-state index in [1.165, 1.54) is 6.07 Å². The van der Waals surface area contributed by atoms with Gasteiger partial charge in [0, 0.05) is 5.56 Å². The molecule has 0 amide bonds. The van der Waals surface area contributed by atoms with Gasteiger partial charge in [-0.15, -0.1) is 0 Å². The lowest BCUT2D eigenvalue weighted by Crippen LogP contribution is -1.91.